The van der Waals surface area contributed by atoms with Gasteiger partial charge in [0.05, 0.1) is 0 Å². The third kappa shape index (κ3) is 6.67. The highest BCUT2D eigenvalue weighted by Crippen LogP contribution is 2.13. The number of carbonyl (C=O) groups is 3. The van der Waals surface area contributed by atoms with E-state index in [1.165, 1.54) is 30.3 Å². The molecule has 5 nitrogen and oxygen atoms in total. The first-order valence-electron chi connectivity index (χ1n) is 9.02. The van der Waals surface area contributed by atoms with Gasteiger partial charge in [-0.25, -0.2) is 4.79 Å². The van der Waals surface area contributed by atoms with Gasteiger partial charge in [-0.3, -0.25) is 9.59 Å². The average Bonchev–Trinajstić information content (AvgIpc) is 2.71. The van der Waals surface area contributed by atoms with Gasteiger partial charge < -0.3 is 10.1 Å². The van der Waals surface area contributed by atoms with Crippen LogP contribution in [0.15, 0.2) is 60.7 Å². The van der Waals surface area contributed by atoms with Gasteiger partial charge in [-0.2, -0.15) is 0 Å². The summed E-state index contributed by atoms with van der Waals surface area (Å²) in [6, 6.07) is 15.2. The summed E-state index contributed by atoms with van der Waals surface area (Å²) in [5.41, 5.74) is 1.03. The lowest BCUT2D eigenvalue weighted by atomic mass is 10.1. The first-order valence-corrected chi connectivity index (χ1v) is 9.40. The van der Waals surface area contributed by atoms with E-state index in [2.05, 4.69) is 5.32 Å². The van der Waals surface area contributed by atoms with Crippen molar-refractivity contribution in [3.05, 3.63) is 76.8 Å². The van der Waals surface area contributed by atoms with Crippen LogP contribution in [0.1, 0.15) is 35.7 Å². The Morgan fingerprint density at radius 2 is 1.75 bits per heavy atom. The van der Waals surface area contributed by atoms with E-state index >= 15 is 0 Å². The molecule has 2 aromatic carbocycles. The molecule has 0 radical (unpaired) electrons. The molecule has 6 heteroatoms. The zero-order valence-electron chi connectivity index (χ0n) is 15.6. The Morgan fingerprint density at radius 1 is 1.07 bits per heavy atom. The number of hydrogen-bond acceptors (Lipinski definition) is 4. The number of nitrogens with one attached hydrogen (secondary N) is 1. The van der Waals surface area contributed by atoms with E-state index in [1.807, 2.05) is 37.3 Å². The molecule has 0 heterocycles. The molecule has 0 aliphatic heterocycles. The van der Waals surface area contributed by atoms with Crippen molar-refractivity contribution in [2.24, 2.45) is 0 Å². The van der Waals surface area contributed by atoms with Gasteiger partial charge in [0.15, 0.2) is 0 Å². The fraction of sp³-hybridized carbons (Fsp3) is 0.227. The number of carbonyl (C=O) groups excluding carboxylic acids is 3. The third-order valence-corrected chi connectivity index (χ3v) is 4.13. The maximum absolute atomic E-state index is 12.7. The van der Waals surface area contributed by atoms with E-state index in [9.17, 15) is 14.4 Å². The quantitative estimate of drug-likeness (QED) is 0.227. The number of amides is 1. The molecular formula is C22H22ClNO4. The van der Waals surface area contributed by atoms with Crippen molar-refractivity contribution < 1.29 is 19.1 Å². The smallest absolute Gasteiger partial charge is 0.332 e. The summed E-state index contributed by atoms with van der Waals surface area (Å²) in [7, 11) is 0. The van der Waals surface area contributed by atoms with Gasteiger partial charge in [0.1, 0.15) is 0 Å². The standard InChI is InChI=1S/C22H22ClNO4/c1-2-3-15-24-22(27)21(20(26)17-10-12-18(23)13-11-17)28-19(25)14-9-16-7-5-4-6-8-16/h4-14,21H,2-3,15H2,1H3,(H,24,27). The van der Waals surface area contributed by atoms with E-state index in [0.717, 1.165) is 18.4 Å². The molecule has 0 aromatic heterocycles. The molecule has 0 aliphatic carbocycles. The molecule has 28 heavy (non-hydrogen) atoms. The number of hydrogen-bond donors (Lipinski definition) is 1. The monoisotopic (exact) mass is 399 g/mol. The fourth-order valence-electron chi connectivity index (χ4n) is 2.36. The number of rotatable bonds is 9. The van der Waals surface area contributed by atoms with Crippen LogP contribution in [0.4, 0.5) is 0 Å². The maximum atomic E-state index is 12.7. The Balaban J connectivity index is 2.13. The lowest BCUT2D eigenvalue weighted by Crippen LogP contribution is -2.43. The molecule has 1 amide bonds. The van der Waals surface area contributed by atoms with Gasteiger partial charge in [-0.1, -0.05) is 55.3 Å². The molecule has 146 valence electrons. The van der Waals surface area contributed by atoms with Crippen LogP contribution < -0.4 is 5.32 Å². The third-order valence-electron chi connectivity index (χ3n) is 3.88. The van der Waals surface area contributed by atoms with Crippen molar-refractivity contribution in [2.75, 3.05) is 6.54 Å². The van der Waals surface area contributed by atoms with E-state index in [-0.39, 0.29) is 5.56 Å². The Morgan fingerprint density at radius 3 is 2.39 bits per heavy atom. The molecule has 0 saturated carbocycles. The van der Waals surface area contributed by atoms with Crippen molar-refractivity contribution in [2.45, 2.75) is 25.9 Å². The van der Waals surface area contributed by atoms with Crippen LogP contribution in [0, 0.1) is 0 Å². The molecule has 0 bridgehead atoms. The van der Waals surface area contributed by atoms with Crippen molar-refractivity contribution in [1.29, 1.82) is 0 Å². The molecule has 2 rings (SSSR count). The topological polar surface area (TPSA) is 72.5 Å². The summed E-state index contributed by atoms with van der Waals surface area (Å²) in [5, 5.41) is 3.10. The normalized spacial score (nSPS) is 11.8. The minimum absolute atomic E-state index is 0.236. The van der Waals surface area contributed by atoms with E-state index in [1.54, 1.807) is 6.08 Å². The highest BCUT2D eigenvalue weighted by atomic mass is 35.5. The minimum atomic E-state index is -1.56. The van der Waals surface area contributed by atoms with Crippen LogP contribution in [-0.2, 0) is 14.3 Å². The van der Waals surface area contributed by atoms with E-state index < -0.39 is 23.8 Å². The Hall–Kier alpha value is -2.92. The molecule has 1 atom stereocenters. The second-order valence-corrected chi connectivity index (χ2v) is 6.51. The molecule has 0 aliphatic rings. The first kappa shape index (κ1) is 21.4. The molecule has 1 N–H and O–H groups in total. The van der Waals surface area contributed by atoms with E-state index in [0.29, 0.717) is 11.6 Å². The molecule has 0 saturated heterocycles. The van der Waals surface area contributed by atoms with Crippen LogP contribution >= 0.6 is 11.6 Å². The van der Waals surface area contributed by atoms with Gasteiger partial charge >= 0.3 is 5.97 Å². The highest BCUT2D eigenvalue weighted by Gasteiger charge is 2.30. The zero-order chi connectivity index (χ0) is 20.4. The maximum Gasteiger partial charge on any atom is 0.332 e. The predicted molar refractivity (Wildman–Crippen MR) is 109 cm³/mol. The molecule has 2 aromatic rings. The average molecular weight is 400 g/mol. The molecule has 0 fully saturated rings. The van der Waals surface area contributed by atoms with Crippen LogP contribution in [0.25, 0.3) is 6.08 Å². The lowest BCUT2D eigenvalue weighted by Gasteiger charge is -2.16. The second kappa shape index (κ2) is 11.0. The summed E-state index contributed by atoms with van der Waals surface area (Å²) in [6.45, 7) is 2.38. The van der Waals surface area contributed by atoms with Gasteiger partial charge in [-0.05, 0) is 42.3 Å². The highest BCUT2D eigenvalue weighted by molar-refractivity contribution is 6.30. The van der Waals surface area contributed by atoms with Crippen molar-refractivity contribution >= 4 is 35.3 Å². The SMILES string of the molecule is CCCCNC(=O)C(OC(=O)C=Cc1ccccc1)C(=O)c1ccc(Cl)cc1. The number of ether oxygens (including phenoxy) is 1. The second-order valence-electron chi connectivity index (χ2n) is 6.08. The number of halogens is 1. The van der Waals surface area contributed by atoms with Gasteiger partial charge in [0, 0.05) is 23.2 Å². The fourth-order valence-corrected chi connectivity index (χ4v) is 2.48. The Labute approximate surface area is 169 Å². The van der Waals surface area contributed by atoms with Crippen molar-refractivity contribution in [1.82, 2.24) is 5.32 Å². The summed E-state index contributed by atoms with van der Waals surface area (Å²) in [5.74, 6) is -2.02. The molecule has 1 unspecified atom stereocenters. The summed E-state index contributed by atoms with van der Waals surface area (Å²) in [4.78, 5) is 37.4. The van der Waals surface area contributed by atoms with E-state index in [4.69, 9.17) is 16.3 Å². The minimum Gasteiger partial charge on any atom is -0.441 e. The summed E-state index contributed by atoms with van der Waals surface area (Å²) >= 11 is 5.84. The summed E-state index contributed by atoms with van der Waals surface area (Å²) in [6.07, 6.45) is 2.83. The number of benzene rings is 2. The number of ketones is 1. The Bertz CT molecular complexity index is 831. The Kier molecular flexibility index (Phi) is 8.43. The number of Topliss-reactive ketones (excluding diaryl/α,β-unsaturated/α-hetero) is 1. The van der Waals surface area contributed by atoms with Crippen LogP contribution in [0.3, 0.4) is 0 Å². The molecule has 0 spiro atoms. The number of unbranched alkanes of at least 4 members (excludes halogenated alkanes) is 1. The first-order chi connectivity index (χ1) is 13.5. The van der Waals surface area contributed by atoms with Crippen molar-refractivity contribution in [3.8, 4) is 0 Å². The summed E-state index contributed by atoms with van der Waals surface area (Å²) < 4.78 is 5.19. The number of esters is 1. The predicted octanol–water partition coefficient (Wildman–Crippen LogP) is 4.06. The lowest BCUT2D eigenvalue weighted by molar-refractivity contribution is -0.148. The molecular weight excluding hydrogens is 378 g/mol. The van der Waals surface area contributed by atoms with Crippen LogP contribution in [0.2, 0.25) is 5.02 Å². The van der Waals surface area contributed by atoms with Crippen molar-refractivity contribution in [3.63, 3.8) is 0 Å². The largest absolute Gasteiger partial charge is 0.441 e. The van der Waals surface area contributed by atoms with Gasteiger partial charge in [-0.15, -0.1) is 0 Å². The zero-order valence-corrected chi connectivity index (χ0v) is 16.3. The van der Waals surface area contributed by atoms with Gasteiger partial charge in [0.25, 0.3) is 5.91 Å². The van der Waals surface area contributed by atoms with Crippen LogP contribution in [-0.4, -0.2) is 30.3 Å². The van der Waals surface area contributed by atoms with Crippen LogP contribution in [0.5, 0.6) is 0 Å². The van der Waals surface area contributed by atoms with Gasteiger partial charge in [0.2, 0.25) is 11.9 Å².